The van der Waals surface area contributed by atoms with Gasteiger partial charge >= 0.3 is 6.18 Å². The first-order valence-corrected chi connectivity index (χ1v) is 10.5. The van der Waals surface area contributed by atoms with Crippen LogP contribution in [0.15, 0.2) is 59.6 Å². The molecule has 4 rings (SSSR count). The molecule has 1 aromatic carbocycles. The number of allylic oxidation sites excluding steroid dienone is 2. The van der Waals surface area contributed by atoms with E-state index in [-0.39, 0.29) is 34.9 Å². The summed E-state index contributed by atoms with van der Waals surface area (Å²) in [7, 11) is 2.82. The van der Waals surface area contributed by atoms with Crippen LogP contribution in [0.25, 0.3) is 16.8 Å². The Labute approximate surface area is 197 Å². The quantitative estimate of drug-likeness (QED) is 0.360. The predicted octanol–water partition coefficient (Wildman–Crippen LogP) is 4.71. The third-order valence-electron chi connectivity index (χ3n) is 5.38. The molecule has 0 bridgehead atoms. The number of hydrogen-bond acceptors (Lipinski definition) is 5. The minimum absolute atomic E-state index is 0.108. The molecule has 0 amide bonds. The second-order valence-corrected chi connectivity index (χ2v) is 7.83. The summed E-state index contributed by atoms with van der Waals surface area (Å²) in [6.07, 6.45) is 1.92. The van der Waals surface area contributed by atoms with E-state index >= 15 is 0 Å². The molecule has 0 spiro atoms. The smallest absolute Gasteiger partial charge is 0.389 e. The van der Waals surface area contributed by atoms with Crippen LogP contribution in [0.2, 0.25) is 0 Å². The van der Waals surface area contributed by atoms with Gasteiger partial charge in [-0.2, -0.15) is 23.3 Å². The number of amidine groups is 1. The standard InChI is InChI=1S/C23H21F5N6O/c1-33-12-14(21(32-33)20-15(24)4-3-5-16(20)25)13-6-7-18-30-10-17(34(18)11-13)22(29)31-19(35-2)8-9-23(26,27)28/h3-7,10-12,18,29-30H,8-9H2,1-2H3. The first kappa shape index (κ1) is 24.2. The number of aliphatic imine (C=N–C) groups is 1. The van der Waals surface area contributed by atoms with Crippen LogP contribution in [0.4, 0.5) is 22.0 Å². The Morgan fingerprint density at radius 1 is 1.26 bits per heavy atom. The summed E-state index contributed by atoms with van der Waals surface area (Å²) >= 11 is 0. The van der Waals surface area contributed by atoms with Gasteiger partial charge in [-0.3, -0.25) is 10.1 Å². The highest BCUT2D eigenvalue weighted by Crippen LogP contribution is 2.35. The van der Waals surface area contributed by atoms with Crippen molar-refractivity contribution < 1.29 is 26.7 Å². The molecule has 0 saturated carbocycles. The van der Waals surface area contributed by atoms with Crippen LogP contribution in [0, 0.1) is 17.0 Å². The highest BCUT2D eigenvalue weighted by molar-refractivity contribution is 6.03. The summed E-state index contributed by atoms with van der Waals surface area (Å²) in [4.78, 5) is 5.57. The molecule has 2 N–H and O–H groups in total. The number of benzene rings is 1. The SMILES string of the molecule is COC(CCC(F)(F)F)=NC(=N)C1=CNC2C=CC(c3cn(C)nc3-c3c(F)cccc3F)=CN12. The number of methoxy groups -OCH3 is 1. The van der Waals surface area contributed by atoms with Gasteiger partial charge in [-0.05, 0) is 18.2 Å². The predicted molar refractivity (Wildman–Crippen MR) is 120 cm³/mol. The number of ether oxygens (including phenoxy) is 1. The van der Waals surface area contributed by atoms with Crippen LogP contribution in [-0.4, -0.2) is 45.9 Å². The van der Waals surface area contributed by atoms with Crippen molar-refractivity contribution in [1.29, 1.82) is 5.41 Å². The van der Waals surface area contributed by atoms with E-state index in [4.69, 9.17) is 10.1 Å². The molecule has 0 saturated heterocycles. The summed E-state index contributed by atoms with van der Waals surface area (Å²) in [5.74, 6) is -2.04. The fourth-order valence-corrected chi connectivity index (χ4v) is 3.75. The van der Waals surface area contributed by atoms with Gasteiger partial charge in [0.1, 0.15) is 29.2 Å². The van der Waals surface area contributed by atoms with Crippen molar-refractivity contribution in [3.8, 4) is 11.3 Å². The maximum atomic E-state index is 14.5. The monoisotopic (exact) mass is 492 g/mol. The van der Waals surface area contributed by atoms with Crippen molar-refractivity contribution in [3.05, 3.63) is 71.8 Å². The van der Waals surface area contributed by atoms with Gasteiger partial charge in [0.2, 0.25) is 0 Å². The van der Waals surface area contributed by atoms with Crippen LogP contribution in [0.1, 0.15) is 18.4 Å². The van der Waals surface area contributed by atoms with E-state index in [1.54, 1.807) is 36.5 Å². The zero-order valence-electron chi connectivity index (χ0n) is 18.7. The van der Waals surface area contributed by atoms with E-state index in [1.807, 2.05) is 0 Å². The molecule has 2 aliphatic heterocycles. The molecule has 0 radical (unpaired) electrons. The zero-order chi connectivity index (χ0) is 25.3. The third-order valence-corrected chi connectivity index (χ3v) is 5.38. The molecule has 1 atom stereocenters. The van der Waals surface area contributed by atoms with Crippen LogP contribution < -0.4 is 5.32 Å². The van der Waals surface area contributed by atoms with Crippen molar-refractivity contribution in [3.63, 3.8) is 0 Å². The lowest BCUT2D eigenvalue weighted by Gasteiger charge is -2.27. The minimum atomic E-state index is -4.38. The lowest BCUT2D eigenvalue weighted by molar-refractivity contribution is -0.133. The molecule has 12 heteroatoms. The molecular weight excluding hydrogens is 471 g/mol. The van der Waals surface area contributed by atoms with Gasteiger partial charge in [-0.1, -0.05) is 12.1 Å². The molecule has 1 unspecified atom stereocenters. The molecule has 1 aromatic heterocycles. The Balaban J connectivity index is 1.64. The van der Waals surface area contributed by atoms with Crippen molar-refractivity contribution in [1.82, 2.24) is 20.0 Å². The molecule has 2 aromatic rings. The summed E-state index contributed by atoms with van der Waals surface area (Å²) in [6, 6.07) is 3.56. The van der Waals surface area contributed by atoms with Crippen LogP contribution in [-0.2, 0) is 11.8 Å². The molecule has 0 fully saturated rings. The Morgan fingerprint density at radius 3 is 2.63 bits per heavy atom. The third kappa shape index (κ3) is 5.10. The number of rotatable bonds is 5. The molecule has 3 heterocycles. The topological polar surface area (TPSA) is 78.5 Å². The highest BCUT2D eigenvalue weighted by Gasteiger charge is 2.31. The lowest BCUT2D eigenvalue weighted by Crippen LogP contribution is -2.34. The molecule has 184 valence electrons. The summed E-state index contributed by atoms with van der Waals surface area (Å²) < 4.78 is 73.0. The Hall–Kier alpha value is -3.96. The lowest BCUT2D eigenvalue weighted by atomic mass is 9.99. The van der Waals surface area contributed by atoms with Crippen LogP contribution >= 0.6 is 0 Å². The first-order valence-electron chi connectivity index (χ1n) is 10.5. The number of halogens is 5. The van der Waals surface area contributed by atoms with E-state index in [0.717, 1.165) is 12.1 Å². The van der Waals surface area contributed by atoms with Crippen molar-refractivity contribution >= 4 is 17.3 Å². The fourth-order valence-electron chi connectivity index (χ4n) is 3.75. The van der Waals surface area contributed by atoms with Crippen LogP contribution in [0.3, 0.4) is 0 Å². The number of alkyl halides is 3. The van der Waals surface area contributed by atoms with E-state index in [0.29, 0.717) is 11.1 Å². The van der Waals surface area contributed by atoms with Gasteiger partial charge in [-0.25, -0.2) is 8.78 Å². The number of hydrogen-bond donors (Lipinski definition) is 2. The molecule has 35 heavy (non-hydrogen) atoms. The average Bonchev–Trinajstić information content (AvgIpc) is 3.39. The molecular formula is C23H21F5N6O. The van der Waals surface area contributed by atoms with E-state index in [1.165, 1.54) is 24.1 Å². The summed E-state index contributed by atoms with van der Waals surface area (Å²) in [5.41, 5.74) is 1.14. The van der Waals surface area contributed by atoms with Gasteiger partial charge < -0.3 is 15.0 Å². The first-order chi connectivity index (χ1) is 16.6. The maximum absolute atomic E-state index is 14.5. The van der Waals surface area contributed by atoms with Gasteiger partial charge in [0, 0.05) is 43.2 Å². The van der Waals surface area contributed by atoms with Gasteiger partial charge in [-0.15, -0.1) is 0 Å². The second kappa shape index (κ2) is 9.35. The van der Waals surface area contributed by atoms with Crippen molar-refractivity contribution in [2.45, 2.75) is 25.2 Å². The highest BCUT2D eigenvalue weighted by atomic mass is 19.4. The van der Waals surface area contributed by atoms with Gasteiger partial charge in [0.15, 0.2) is 11.7 Å². The van der Waals surface area contributed by atoms with Crippen molar-refractivity contribution in [2.24, 2.45) is 12.0 Å². The zero-order valence-corrected chi connectivity index (χ0v) is 18.7. The Bertz CT molecular complexity index is 1250. The minimum Gasteiger partial charge on any atom is -0.484 e. The van der Waals surface area contributed by atoms with Gasteiger partial charge in [0.05, 0.1) is 19.1 Å². The second-order valence-electron chi connectivity index (χ2n) is 7.83. The number of fused-ring (bicyclic) bond motifs is 1. The van der Waals surface area contributed by atoms with Crippen molar-refractivity contribution in [2.75, 3.05) is 7.11 Å². The summed E-state index contributed by atoms with van der Waals surface area (Å²) in [5, 5.41) is 15.6. The Kier molecular flexibility index (Phi) is 6.46. The molecule has 0 aliphatic carbocycles. The number of aryl methyl sites for hydroxylation is 1. The normalized spacial score (nSPS) is 17.6. The molecule has 7 nitrogen and oxygen atoms in total. The van der Waals surface area contributed by atoms with E-state index in [9.17, 15) is 22.0 Å². The number of aromatic nitrogens is 2. The van der Waals surface area contributed by atoms with Gasteiger partial charge in [0.25, 0.3) is 0 Å². The summed E-state index contributed by atoms with van der Waals surface area (Å²) in [6.45, 7) is 0. The largest absolute Gasteiger partial charge is 0.484 e. The van der Waals surface area contributed by atoms with Crippen LogP contribution in [0.5, 0.6) is 0 Å². The number of nitrogens with one attached hydrogen (secondary N) is 2. The Morgan fingerprint density at radius 2 is 1.97 bits per heavy atom. The van der Waals surface area contributed by atoms with E-state index in [2.05, 4.69) is 15.4 Å². The van der Waals surface area contributed by atoms with E-state index < -0.39 is 30.7 Å². The maximum Gasteiger partial charge on any atom is 0.389 e. The fraction of sp³-hybridized carbons (Fsp3) is 0.261. The average molecular weight is 492 g/mol. The molecule has 2 aliphatic rings. The number of nitrogens with zero attached hydrogens (tertiary/aromatic N) is 4.